The van der Waals surface area contributed by atoms with Gasteiger partial charge in [-0.15, -0.1) is 0 Å². The van der Waals surface area contributed by atoms with E-state index in [2.05, 4.69) is 15.6 Å². The van der Waals surface area contributed by atoms with Crippen molar-refractivity contribution in [3.05, 3.63) is 29.6 Å². The second-order valence-corrected chi connectivity index (χ2v) is 4.73. The Kier molecular flexibility index (Phi) is 4.11. The van der Waals surface area contributed by atoms with E-state index in [0.29, 0.717) is 6.54 Å². The Bertz CT molecular complexity index is 468. The number of amides is 2. The average Bonchev–Trinajstić information content (AvgIpc) is 3.22. The van der Waals surface area contributed by atoms with Gasteiger partial charge < -0.3 is 16.4 Å². The number of pyridine rings is 1. The second-order valence-electron chi connectivity index (χ2n) is 4.73. The van der Waals surface area contributed by atoms with Gasteiger partial charge in [-0.25, -0.2) is 0 Å². The molecule has 19 heavy (non-hydrogen) atoms. The molecule has 6 heteroatoms. The average molecular weight is 262 g/mol. The van der Waals surface area contributed by atoms with Crippen molar-refractivity contribution in [2.45, 2.75) is 38.4 Å². The standard InChI is InChI=1S/C13H18N4O2/c1-8(12(18)17-10-3-4-10)16-13(19)11-5-2-9(6-14)7-15-11/h2,5,7-8,10H,3-4,6,14H2,1H3,(H,16,19)(H,17,18). The third-order valence-electron chi connectivity index (χ3n) is 2.96. The highest BCUT2D eigenvalue weighted by molar-refractivity contribution is 5.96. The SMILES string of the molecule is CC(NC(=O)c1ccc(CN)cn1)C(=O)NC1CC1. The van der Waals surface area contributed by atoms with Crippen LogP contribution in [0, 0.1) is 0 Å². The molecular weight excluding hydrogens is 244 g/mol. The maximum Gasteiger partial charge on any atom is 0.270 e. The Morgan fingerprint density at radius 3 is 2.74 bits per heavy atom. The molecule has 1 aliphatic carbocycles. The fourth-order valence-corrected chi connectivity index (χ4v) is 1.57. The summed E-state index contributed by atoms with van der Waals surface area (Å²) in [5.74, 6) is -0.517. The number of nitrogens with two attached hydrogens (primary N) is 1. The van der Waals surface area contributed by atoms with Crippen molar-refractivity contribution in [1.29, 1.82) is 0 Å². The number of aromatic nitrogens is 1. The zero-order valence-electron chi connectivity index (χ0n) is 10.8. The van der Waals surface area contributed by atoms with E-state index >= 15 is 0 Å². The van der Waals surface area contributed by atoms with Crippen LogP contribution in [0.4, 0.5) is 0 Å². The lowest BCUT2D eigenvalue weighted by Gasteiger charge is -2.13. The molecule has 1 unspecified atom stereocenters. The summed E-state index contributed by atoms with van der Waals surface area (Å²) >= 11 is 0. The topological polar surface area (TPSA) is 97.1 Å². The highest BCUT2D eigenvalue weighted by Gasteiger charge is 2.26. The summed E-state index contributed by atoms with van der Waals surface area (Å²) in [4.78, 5) is 27.6. The van der Waals surface area contributed by atoms with Gasteiger partial charge in [0.2, 0.25) is 5.91 Å². The molecule has 2 rings (SSSR count). The normalized spacial score (nSPS) is 15.7. The Labute approximate surface area is 111 Å². The van der Waals surface area contributed by atoms with E-state index in [1.54, 1.807) is 25.3 Å². The van der Waals surface area contributed by atoms with Crippen LogP contribution in [-0.2, 0) is 11.3 Å². The second kappa shape index (κ2) is 5.79. The van der Waals surface area contributed by atoms with Gasteiger partial charge in [0.25, 0.3) is 5.91 Å². The van der Waals surface area contributed by atoms with Gasteiger partial charge in [0, 0.05) is 18.8 Å². The zero-order chi connectivity index (χ0) is 13.8. The molecule has 6 nitrogen and oxygen atoms in total. The van der Waals surface area contributed by atoms with Crippen molar-refractivity contribution in [2.24, 2.45) is 5.73 Å². The summed E-state index contributed by atoms with van der Waals surface area (Å²) in [7, 11) is 0. The van der Waals surface area contributed by atoms with E-state index in [1.807, 2.05) is 0 Å². The lowest BCUT2D eigenvalue weighted by atomic mass is 10.2. The molecule has 1 aromatic rings. The Hall–Kier alpha value is -1.95. The molecule has 1 atom stereocenters. The van der Waals surface area contributed by atoms with Gasteiger partial charge in [0.1, 0.15) is 11.7 Å². The van der Waals surface area contributed by atoms with Crippen LogP contribution >= 0.6 is 0 Å². The molecule has 4 N–H and O–H groups in total. The Morgan fingerprint density at radius 1 is 1.47 bits per heavy atom. The zero-order valence-corrected chi connectivity index (χ0v) is 10.8. The van der Waals surface area contributed by atoms with Crippen LogP contribution in [0.3, 0.4) is 0 Å². The van der Waals surface area contributed by atoms with Gasteiger partial charge in [-0.1, -0.05) is 6.07 Å². The Balaban J connectivity index is 1.89. The minimum Gasteiger partial charge on any atom is -0.352 e. The van der Waals surface area contributed by atoms with Gasteiger partial charge in [0.15, 0.2) is 0 Å². The summed E-state index contributed by atoms with van der Waals surface area (Å²) in [6.07, 6.45) is 3.60. The first kappa shape index (κ1) is 13.5. The van der Waals surface area contributed by atoms with E-state index in [4.69, 9.17) is 5.73 Å². The van der Waals surface area contributed by atoms with Crippen LogP contribution in [-0.4, -0.2) is 28.9 Å². The first-order chi connectivity index (χ1) is 9.10. The monoisotopic (exact) mass is 262 g/mol. The molecule has 102 valence electrons. The molecule has 0 aliphatic heterocycles. The maximum absolute atomic E-state index is 11.9. The van der Waals surface area contributed by atoms with Gasteiger partial charge in [-0.05, 0) is 31.4 Å². The minimum absolute atomic E-state index is 0.158. The third kappa shape index (κ3) is 3.75. The van der Waals surface area contributed by atoms with Gasteiger partial charge >= 0.3 is 0 Å². The van der Waals surface area contributed by atoms with Gasteiger partial charge in [0.05, 0.1) is 0 Å². The van der Waals surface area contributed by atoms with Gasteiger partial charge in [-0.2, -0.15) is 0 Å². The van der Waals surface area contributed by atoms with E-state index in [1.165, 1.54) is 0 Å². The highest BCUT2D eigenvalue weighted by Crippen LogP contribution is 2.18. The molecule has 0 aromatic carbocycles. The van der Waals surface area contributed by atoms with Crippen molar-refractivity contribution in [1.82, 2.24) is 15.6 Å². The number of nitrogens with zero attached hydrogens (tertiary/aromatic N) is 1. The maximum atomic E-state index is 11.9. The van der Waals surface area contributed by atoms with E-state index < -0.39 is 6.04 Å². The predicted octanol–water partition coefficient (Wildman–Crippen LogP) is -0.0628. The van der Waals surface area contributed by atoms with Crippen molar-refractivity contribution < 1.29 is 9.59 Å². The summed E-state index contributed by atoms with van der Waals surface area (Å²) < 4.78 is 0. The smallest absolute Gasteiger partial charge is 0.270 e. The number of rotatable bonds is 5. The number of carbonyl (C=O) groups is 2. The number of hydrogen-bond donors (Lipinski definition) is 3. The van der Waals surface area contributed by atoms with Crippen LogP contribution in [0.5, 0.6) is 0 Å². The molecule has 0 bridgehead atoms. The molecule has 2 amide bonds. The number of nitrogens with one attached hydrogen (secondary N) is 2. The summed E-state index contributed by atoms with van der Waals surface area (Å²) in [6.45, 7) is 2.04. The van der Waals surface area contributed by atoms with Crippen molar-refractivity contribution in [3.63, 3.8) is 0 Å². The first-order valence-corrected chi connectivity index (χ1v) is 6.36. The fraction of sp³-hybridized carbons (Fsp3) is 0.462. The molecule has 1 saturated carbocycles. The minimum atomic E-state index is -0.566. The van der Waals surface area contributed by atoms with Crippen molar-refractivity contribution in [3.8, 4) is 0 Å². The van der Waals surface area contributed by atoms with Crippen molar-refractivity contribution >= 4 is 11.8 Å². The molecular formula is C13H18N4O2. The summed E-state index contributed by atoms with van der Waals surface area (Å²) in [5, 5.41) is 5.46. The number of carbonyl (C=O) groups excluding carboxylic acids is 2. The molecule has 0 spiro atoms. The van der Waals surface area contributed by atoms with E-state index in [9.17, 15) is 9.59 Å². The Morgan fingerprint density at radius 2 is 2.21 bits per heavy atom. The third-order valence-corrected chi connectivity index (χ3v) is 2.96. The first-order valence-electron chi connectivity index (χ1n) is 6.36. The molecule has 1 heterocycles. The van der Waals surface area contributed by atoms with E-state index in [0.717, 1.165) is 18.4 Å². The fourth-order valence-electron chi connectivity index (χ4n) is 1.57. The molecule has 0 saturated heterocycles. The largest absolute Gasteiger partial charge is 0.352 e. The molecule has 1 fully saturated rings. The van der Waals surface area contributed by atoms with Crippen LogP contribution in [0.2, 0.25) is 0 Å². The molecule has 1 aromatic heterocycles. The number of hydrogen-bond acceptors (Lipinski definition) is 4. The van der Waals surface area contributed by atoms with Crippen molar-refractivity contribution in [2.75, 3.05) is 0 Å². The summed E-state index contributed by atoms with van der Waals surface area (Å²) in [5.41, 5.74) is 6.59. The van der Waals surface area contributed by atoms with E-state index in [-0.39, 0.29) is 23.6 Å². The van der Waals surface area contributed by atoms with Crippen LogP contribution in [0.1, 0.15) is 35.8 Å². The lowest BCUT2D eigenvalue weighted by molar-refractivity contribution is -0.122. The molecule has 1 aliphatic rings. The predicted molar refractivity (Wildman–Crippen MR) is 70.2 cm³/mol. The molecule has 0 radical (unpaired) electrons. The quantitative estimate of drug-likeness (QED) is 0.692. The highest BCUT2D eigenvalue weighted by atomic mass is 16.2. The van der Waals surface area contributed by atoms with Crippen LogP contribution in [0.15, 0.2) is 18.3 Å². The van der Waals surface area contributed by atoms with Gasteiger partial charge in [-0.3, -0.25) is 14.6 Å². The lowest BCUT2D eigenvalue weighted by Crippen LogP contribution is -2.45. The van der Waals surface area contributed by atoms with Crippen LogP contribution < -0.4 is 16.4 Å². The summed E-state index contributed by atoms with van der Waals surface area (Å²) in [6, 6.07) is 3.07. The van der Waals surface area contributed by atoms with Crippen LogP contribution in [0.25, 0.3) is 0 Å².